The quantitative estimate of drug-likeness (QED) is 0.440. The first kappa shape index (κ1) is 16.9. The summed E-state index contributed by atoms with van der Waals surface area (Å²) < 4.78 is 10.9. The minimum absolute atomic E-state index is 0.858. The molecule has 0 aromatic rings. The third-order valence-corrected chi connectivity index (χ3v) is 2.49. The highest BCUT2D eigenvalue weighted by Gasteiger charge is 1.92. The Kier molecular flexibility index (Phi) is 15.8. The van der Waals surface area contributed by atoms with E-state index >= 15 is 0 Å². The van der Waals surface area contributed by atoms with Crippen LogP contribution in [-0.2, 0) is 9.47 Å². The van der Waals surface area contributed by atoms with E-state index in [1.54, 1.807) is 0 Å². The largest absolute Gasteiger partial charge is 0.381 e. The molecule has 3 nitrogen and oxygen atoms in total. The predicted molar refractivity (Wildman–Crippen MR) is 72.6 cm³/mol. The van der Waals surface area contributed by atoms with E-state index in [2.05, 4.69) is 19.2 Å². The average molecular weight is 244 g/mol. The van der Waals surface area contributed by atoms with E-state index in [0.717, 1.165) is 52.4 Å². The molecule has 0 rings (SSSR count). The molecule has 0 unspecified atom stereocenters. The molecule has 0 aliphatic heterocycles. The fourth-order valence-corrected chi connectivity index (χ4v) is 1.37. The molecule has 17 heavy (non-hydrogen) atoms. The first-order chi connectivity index (χ1) is 8.41. The summed E-state index contributed by atoms with van der Waals surface area (Å²) in [4.78, 5) is 0. The Bertz CT molecular complexity index is 117. The van der Waals surface area contributed by atoms with Gasteiger partial charge >= 0.3 is 0 Å². The zero-order valence-electron chi connectivity index (χ0n) is 11.7. The van der Waals surface area contributed by atoms with Crippen molar-refractivity contribution in [3.05, 3.63) is 0 Å². The summed E-state index contributed by atoms with van der Waals surface area (Å²) >= 11 is 0. The highest BCUT2D eigenvalue weighted by Crippen LogP contribution is 1.91. The number of hydrogen-bond donors (Lipinski definition) is 0. The first-order valence-electron chi connectivity index (χ1n) is 7.20. The van der Waals surface area contributed by atoms with Crippen LogP contribution in [-0.4, -0.2) is 39.5 Å². The Labute approximate surface area is 107 Å². The number of ether oxygens (including phenoxy) is 2. The summed E-state index contributed by atoms with van der Waals surface area (Å²) in [6.07, 6.45) is 6.88. The van der Waals surface area contributed by atoms with Crippen molar-refractivity contribution < 1.29 is 9.47 Å². The summed E-state index contributed by atoms with van der Waals surface area (Å²) in [5.41, 5.74) is 0. The normalized spacial score (nSPS) is 10.9. The van der Waals surface area contributed by atoms with Crippen molar-refractivity contribution >= 4 is 0 Å². The van der Waals surface area contributed by atoms with Crippen LogP contribution in [0.3, 0.4) is 0 Å². The first-order valence-corrected chi connectivity index (χ1v) is 7.20. The lowest BCUT2D eigenvalue weighted by Gasteiger charge is -2.05. The van der Waals surface area contributed by atoms with Gasteiger partial charge in [-0.3, -0.25) is 0 Å². The fourth-order valence-electron chi connectivity index (χ4n) is 1.37. The van der Waals surface area contributed by atoms with Crippen molar-refractivity contribution in [2.45, 2.75) is 52.4 Å². The van der Waals surface area contributed by atoms with E-state index in [1.807, 2.05) is 0 Å². The van der Waals surface area contributed by atoms with E-state index in [0.29, 0.717) is 0 Å². The van der Waals surface area contributed by atoms with Gasteiger partial charge in [-0.1, -0.05) is 26.7 Å². The highest BCUT2D eigenvalue weighted by molar-refractivity contribution is 4.47. The van der Waals surface area contributed by atoms with Gasteiger partial charge in [0.05, 0.1) is 0 Å². The molecule has 0 aromatic heterocycles. The Balaban J connectivity index is 2.85. The van der Waals surface area contributed by atoms with Crippen molar-refractivity contribution in [3.63, 3.8) is 0 Å². The van der Waals surface area contributed by atoms with Crippen molar-refractivity contribution in [3.8, 4) is 0 Å². The number of unbranched alkanes of at least 4 members (excludes halogenated alkanes) is 2. The molecule has 0 N–H and O–H groups in total. The van der Waals surface area contributed by atoms with Crippen LogP contribution < -0.4 is 5.32 Å². The second-order valence-electron chi connectivity index (χ2n) is 4.31. The average Bonchev–Trinajstić information content (AvgIpc) is 2.35. The van der Waals surface area contributed by atoms with Gasteiger partial charge in [0, 0.05) is 39.5 Å². The SMILES string of the molecule is CCCCOCCC[N]CCCOCCCC. The van der Waals surface area contributed by atoms with Crippen LogP contribution in [0, 0.1) is 0 Å². The Morgan fingerprint density at radius 3 is 1.47 bits per heavy atom. The van der Waals surface area contributed by atoms with Crippen LogP contribution in [0.5, 0.6) is 0 Å². The molecule has 103 valence electrons. The van der Waals surface area contributed by atoms with Gasteiger partial charge in [0.25, 0.3) is 0 Å². The van der Waals surface area contributed by atoms with E-state index in [9.17, 15) is 0 Å². The van der Waals surface area contributed by atoms with Crippen LogP contribution in [0.1, 0.15) is 52.4 Å². The fraction of sp³-hybridized carbons (Fsp3) is 1.00. The molecule has 0 bridgehead atoms. The second kappa shape index (κ2) is 15.9. The predicted octanol–water partition coefficient (Wildman–Crippen LogP) is 3.00. The molecule has 0 atom stereocenters. The molecule has 1 radical (unpaired) electrons. The summed E-state index contributed by atoms with van der Waals surface area (Å²) in [5, 5.41) is 4.45. The molecule has 0 aliphatic rings. The van der Waals surface area contributed by atoms with Gasteiger partial charge in [-0.05, 0) is 25.7 Å². The second-order valence-corrected chi connectivity index (χ2v) is 4.31. The van der Waals surface area contributed by atoms with E-state index in [-0.39, 0.29) is 0 Å². The van der Waals surface area contributed by atoms with E-state index < -0.39 is 0 Å². The molecular weight excluding hydrogens is 214 g/mol. The maximum Gasteiger partial charge on any atom is 0.0478 e. The summed E-state index contributed by atoms with van der Waals surface area (Å²) in [6.45, 7) is 9.75. The van der Waals surface area contributed by atoms with E-state index in [4.69, 9.17) is 9.47 Å². The Morgan fingerprint density at radius 1 is 0.647 bits per heavy atom. The lowest BCUT2D eigenvalue weighted by Crippen LogP contribution is -2.13. The molecule has 0 heterocycles. The van der Waals surface area contributed by atoms with Gasteiger partial charge in [0.1, 0.15) is 0 Å². The zero-order valence-corrected chi connectivity index (χ0v) is 11.7. The van der Waals surface area contributed by atoms with Crippen molar-refractivity contribution in [1.82, 2.24) is 5.32 Å². The molecular formula is C14H30NO2. The molecule has 3 heteroatoms. The smallest absolute Gasteiger partial charge is 0.0478 e. The van der Waals surface area contributed by atoms with Crippen molar-refractivity contribution in [1.29, 1.82) is 0 Å². The van der Waals surface area contributed by atoms with Crippen LogP contribution in [0.4, 0.5) is 0 Å². The molecule has 0 aliphatic carbocycles. The van der Waals surface area contributed by atoms with Gasteiger partial charge in [0.15, 0.2) is 0 Å². The zero-order chi connectivity index (χ0) is 12.6. The third-order valence-electron chi connectivity index (χ3n) is 2.49. The number of rotatable bonds is 14. The molecule has 0 amide bonds. The van der Waals surface area contributed by atoms with Gasteiger partial charge < -0.3 is 9.47 Å². The van der Waals surface area contributed by atoms with Crippen molar-refractivity contribution in [2.75, 3.05) is 39.5 Å². The molecule has 0 saturated heterocycles. The molecule has 0 aromatic carbocycles. The van der Waals surface area contributed by atoms with Gasteiger partial charge in [0.2, 0.25) is 0 Å². The monoisotopic (exact) mass is 244 g/mol. The third kappa shape index (κ3) is 15.9. The van der Waals surface area contributed by atoms with Crippen LogP contribution in [0.2, 0.25) is 0 Å². The topological polar surface area (TPSA) is 32.6 Å². The standard InChI is InChI=1S/C14H30NO2/c1-3-5-11-16-13-7-9-15-10-8-14-17-12-6-4-2/h3-14H2,1-2H3. The lowest BCUT2D eigenvalue weighted by atomic mass is 10.3. The number of nitrogens with zero attached hydrogens (tertiary/aromatic N) is 1. The summed E-state index contributed by atoms with van der Waals surface area (Å²) in [7, 11) is 0. The van der Waals surface area contributed by atoms with Crippen LogP contribution in [0.15, 0.2) is 0 Å². The molecule has 0 fully saturated rings. The minimum atomic E-state index is 0.858. The van der Waals surface area contributed by atoms with Gasteiger partial charge in [-0.2, -0.15) is 0 Å². The van der Waals surface area contributed by atoms with Gasteiger partial charge in [-0.15, -0.1) is 0 Å². The Morgan fingerprint density at radius 2 is 1.06 bits per heavy atom. The minimum Gasteiger partial charge on any atom is -0.381 e. The summed E-state index contributed by atoms with van der Waals surface area (Å²) in [5.74, 6) is 0. The number of hydrogen-bond acceptors (Lipinski definition) is 2. The summed E-state index contributed by atoms with van der Waals surface area (Å²) in [6, 6.07) is 0. The molecule has 0 saturated carbocycles. The van der Waals surface area contributed by atoms with Crippen LogP contribution in [0.25, 0.3) is 0 Å². The van der Waals surface area contributed by atoms with Crippen LogP contribution >= 0.6 is 0 Å². The Hall–Kier alpha value is -0.120. The van der Waals surface area contributed by atoms with Crippen molar-refractivity contribution in [2.24, 2.45) is 0 Å². The molecule has 0 spiro atoms. The van der Waals surface area contributed by atoms with E-state index in [1.165, 1.54) is 25.7 Å². The lowest BCUT2D eigenvalue weighted by molar-refractivity contribution is 0.124. The maximum absolute atomic E-state index is 5.46. The van der Waals surface area contributed by atoms with Gasteiger partial charge in [-0.25, -0.2) is 5.32 Å². The highest BCUT2D eigenvalue weighted by atomic mass is 16.5. The maximum atomic E-state index is 5.46.